The predicted molar refractivity (Wildman–Crippen MR) is 130 cm³/mol. The Morgan fingerprint density at radius 2 is 1.97 bits per heavy atom. The Hall–Kier alpha value is -3.87. The number of anilines is 2. The Bertz CT molecular complexity index is 1410. The number of amides is 1. The third kappa shape index (κ3) is 6.28. The lowest BCUT2D eigenvalue weighted by Crippen LogP contribution is -2.38. The molecule has 0 saturated heterocycles. The molecule has 0 saturated carbocycles. The molecule has 0 fully saturated rings. The van der Waals surface area contributed by atoms with Crippen LogP contribution in [0.4, 0.5) is 24.7 Å². The number of ether oxygens (including phenoxy) is 1. The van der Waals surface area contributed by atoms with Crippen LogP contribution in [0.2, 0.25) is 5.02 Å². The molecule has 4 rings (SSSR count). The van der Waals surface area contributed by atoms with Gasteiger partial charge >= 0.3 is 6.18 Å². The fourth-order valence-electron chi connectivity index (χ4n) is 3.47. The van der Waals surface area contributed by atoms with Gasteiger partial charge in [-0.15, -0.1) is 0 Å². The van der Waals surface area contributed by atoms with E-state index in [1.165, 1.54) is 24.5 Å². The molecule has 13 heteroatoms. The van der Waals surface area contributed by atoms with Gasteiger partial charge in [-0.1, -0.05) is 17.7 Å². The first-order valence-corrected chi connectivity index (χ1v) is 11.3. The molecule has 4 N–H and O–H groups in total. The van der Waals surface area contributed by atoms with Gasteiger partial charge in [0.05, 0.1) is 22.7 Å². The van der Waals surface area contributed by atoms with E-state index < -0.39 is 30.4 Å². The van der Waals surface area contributed by atoms with E-state index in [-0.39, 0.29) is 23.1 Å². The van der Waals surface area contributed by atoms with Gasteiger partial charge < -0.3 is 30.2 Å². The van der Waals surface area contributed by atoms with Crippen molar-refractivity contribution in [2.45, 2.75) is 18.8 Å². The monoisotopic (exact) mass is 535 g/mol. The number of rotatable bonds is 9. The minimum absolute atomic E-state index is 0.00799. The van der Waals surface area contributed by atoms with Crippen molar-refractivity contribution in [2.75, 3.05) is 18.5 Å². The minimum atomic E-state index is -4.50. The average Bonchev–Trinajstić information content (AvgIpc) is 3.29. The molecule has 194 valence electrons. The first kappa shape index (κ1) is 26.2. The number of aliphatic hydroxyl groups excluding tert-OH is 2. The van der Waals surface area contributed by atoms with Gasteiger partial charge in [0.2, 0.25) is 0 Å². The standard InChI is InChI=1S/C24H21ClF3N5O4/c25-17-11-15(4-5-20(17)37-16-3-1-2-14(10-16)24(26,27)28)32-22-21-18(30-13-31-22)6-8-33(21)9-7-29-23(36)19(35)12-34/h1-6,8,10-11,13,19,34-35H,7,9,12H2,(H,29,36)(H,30,31,32). The smallest absolute Gasteiger partial charge is 0.416 e. The van der Waals surface area contributed by atoms with Crippen LogP contribution in [0.3, 0.4) is 0 Å². The van der Waals surface area contributed by atoms with Gasteiger partial charge in [-0.2, -0.15) is 13.2 Å². The van der Waals surface area contributed by atoms with Crippen LogP contribution in [-0.4, -0.2) is 49.9 Å². The van der Waals surface area contributed by atoms with Crippen LogP contribution in [-0.2, 0) is 17.5 Å². The van der Waals surface area contributed by atoms with E-state index in [0.717, 1.165) is 12.1 Å². The summed E-state index contributed by atoms with van der Waals surface area (Å²) in [6, 6.07) is 11.0. The lowest BCUT2D eigenvalue weighted by atomic mass is 10.2. The van der Waals surface area contributed by atoms with E-state index in [9.17, 15) is 23.1 Å². The number of aliphatic hydroxyl groups is 2. The third-order valence-corrected chi connectivity index (χ3v) is 5.56. The van der Waals surface area contributed by atoms with Crippen LogP contribution >= 0.6 is 11.6 Å². The van der Waals surface area contributed by atoms with Crippen molar-refractivity contribution in [1.82, 2.24) is 19.9 Å². The van der Waals surface area contributed by atoms with Crippen molar-refractivity contribution in [3.8, 4) is 11.5 Å². The van der Waals surface area contributed by atoms with E-state index in [0.29, 0.717) is 29.1 Å². The molecule has 1 unspecified atom stereocenters. The van der Waals surface area contributed by atoms with Crippen LogP contribution in [0, 0.1) is 0 Å². The molecule has 0 aliphatic rings. The molecule has 0 aliphatic heterocycles. The highest BCUT2D eigenvalue weighted by atomic mass is 35.5. The molecule has 0 spiro atoms. The zero-order chi connectivity index (χ0) is 26.6. The number of hydrogen-bond donors (Lipinski definition) is 4. The van der Waals surface area contributed by atoms with Crippen molar-refractivity contribution in [1.29, 1.82) is 0 Å². The van der Waals surface area contributed by atoms with Crippen LogP contribution in [0.25, 0.3) is 11.0 Å². The Balaban J connectivity index is 1.50. The van der Waals surface area contributed by atoms with Crippen LogP contribution < -0.4 is 15.4 Å². The first-order valence-electron chi connectivity index (χ1n) is 10.9. The van der Waals surface area contributed by atoms with Gasteiger partial charge in [-0.05, 0) is 42.5 Å². The number of carbonyl (C=O) groups is 1. The molecule has 9 nitrogen and oxygen atoms in total. The molecule has 0 radical (unpaired) electrons. The number of fused-ring (bicyclic) bond motifs is 1. The lowest BCUT2D eigenvalue weighted by molar-refractivity contribution is -0.137. The number of alkyl halides is 3. The molecule has 2 aromatic heterocycles. The minimum Gasteiger partial charge on any atom is -0.456 e. The maximum atomic E-state index is 13.0. The van der Waals surface area contributed by atoms with E-state index in [1.807, 2.05) is 0 Å². The molecule has 1 amide bonds. The first-order chi connectivity index (χ1) is 17.7. The van der Waals surface area contributed by atoms with E-state index >= 15 is 0 Å². The second-order valence-corrected chi connectivity index (χ2v) is 8.26. The molecule has 2 aromatic carbocycles. The number of halogens is 4. The van der Waals surface area contributed by atoms with Gasteiger partial charge in [0.1, 0.15) is 23.3 Å². The highest BCUT2D eigenvalue weighted by molar-refractivity contribution is 6.32. The Morgan fingerprint density at radius 3 is 2.70 bits per heavy atom. The number of nitrogens with zero attached hydrogens (tertiary/aromatic N) is 3. The topological polar surface area (TPSA) is 122 Å². The van der Waals surface area contributed by atoms with E-state index in [4.69, 9.17) is 21.4 Å². The summed E-state index contributed by atoms with van der Waals surface area (Å²) in [7, 11) is 0. The summed E-state index contributed by atoms with van der Waals surface area (Å²) in [5.41, 5.74) is 0.975. The maximum absolute atomic E-state index is 13.0. The highest BCUT2D eigenvalue weighted by Crippen LogP contribution is 2.36. The van der Waals surface area contributed by atoms with Gasteiger partial charge in [0.15, 0.2) is 11.9 Å². The molecular formula is C24H21ClF3N5O4. The fraction of sp³-hybridized carbons (Fsp3) is 0.208. The number of hydrogen-bond acceptors (Lipinski definition) is 7. The summed E-state index contributed by atoms with van der Waals surface area (Å²) in [6.07, 6.45) is -2.85. The van der Waals surface area contributed by atoms with Crippen LogP contribution in [0.1, 0.15) is 5.56 Å². The number of nitrogens with one attached hydrogen (secondary N) is 2. The normalized spacial score (nSPS) is 12.4. The summed E-state index contributed by atoms with van der Waals surface area (Å²) in [6.45, 7) is -0.159. The maximum Gasteiger partial charge on any atom is 0.416 e. The van der Waals surface area contributed by atoms with Crippen molar-refractivity contribution in [3.05, 3.63) is 71.6 Å². The number of aromatic nitrogens is 3. The van der Waals surface area contributed by atoms with Crippen molar-refractivity contribution in [3.63, 3.8) is 0 Å². The average molecular weight is 536 g/mol. The summed E-state index contributed by atoms with van der Waals surface area (Å²) in [5.74, 6) is -0.0788. The zero-order valence-corrected chi connectivity index (χ0v) is 19.8. The Morgan fingerprint density at radius 1 is 1.16 bits per heavy atom. The summed E-state index contributed by atoms with van der Waals surface area (Å²) in [4.78, 5) is 20.2. The quantitative estimate of drug-likeness (QED) is 0.254. The van der Waals surface area contributed by atoms with Gasteiger partial charge in [-0.25, -0.2) is 9.97 Å². The number of carbonyl (C=O) groups excluding carboxylic acids is 1. The lowest BCUT2D eigenvalue weighted by Gasteiger charge is -2.14. The van der Waals surface area contributed by atoms with E-state index in [2.05, 4.69) is 20.6 Å². The van der Waals surface area contributed by atoms with Crippen LogP contribution in [0.15, 0.2) is 61.1 Å². The summed E-state index contributed by atoms with van der Waals surface area (Å²) in [5, 5.41) is 24.1. The molecule has 0 bridgehead atoms. The SMILES string of the molecule is O=C(NCCn1ccc2ncnc(Nc3ccc(Oc4cccc(C(F)(F)F)c4)c(Cl)c3)c21)C(O)CO. The zero-order valence-electron chi connectivity index (χ0n) is 19.0. The molecule has 2 heterocycles. The second kappa shape index (κ2) is 11.0. The van der Waals surface area contributed by atoms with Gasteiger partial charge in [0, 0.05) is 25.0 Å². The predicted octanol–water partition coefficient (Wildman–Crippen LogP) is 4.11. The summed E-state index contributed by atoms with van der Waals surface area (Å²) >= 11 is 6.34. The largest absolute Gasteiger partial charge is 0.456 e. The van der Waals surface area contributed by atoms with E-state index in [1.54, 1.807) is 29.0 Å². The van der Waals surface area contributed by atoms with Crippen molar-refractivity contribution >= 4 is 40.0 Å². The summed E-state index contributed by atoms with van der Waals surface area (Å²) < 4.78 is 46.3. The number of benzene rings is 2. The Labute approximate surface area is 213 Å². The van der Waals surface area contributed by atoms with Crippen molar-refractivity contribution < 1.29 is 32.9 Å². The van der Waals surface area contributed by atoms with Gasteiger partial charge in [-0.3, -0.25) is 4.79 Å². The highest BCUT2D eigenvalue weighted by Gasteiger charge is 2.30. The van der Waals surface area contributed by atoms with Crippen molar-refractivity contribution in [2.24, 2.45) is 0 Å². The Kier molecular flexibility index (Phi) is 7.81. The molecule has 37 heavy (non-hydrogen) atoms. The molecule has 4 aromatic rings. The molecular weight excluding hydrogens is 515 g/mol. The third-order valence-electron chi connectivity index (χ3n) is 5.26. The fourth-order valence-corrected chi connectivity index (χ4v) is 3.69. The van der Waals surface area contributed by atoms with Crippen LogP contribution in [0.5, 0.6) is 11.5 Å². The second-order valence-electron chi connectivity index (χ2n) is 7.85. The molecule has 0 aliphatic carbocycles. The van der Waals surface area contributed by atoms with Gasteiger partial charge in [0.25, 0.3) is 5.91 Å². The molecule has 1 atom stereocenters.